The first-order valence-corrected chi connectivity index (χ1v) is 8.54. The van der Waals surface area contributed by atoms with Gasteiger partial charge in [0.15, 0.2) is 0 Å². The summed E-state index contributed by atoms with van der Waals surface area (Å²) in [7, 11) is 0. The Kier molecular flexibility index (Phi) is 4.99. The largest absolute Gasteiger partial charge is 0.409 e. The zero-order valence-electron chi connectivity index (χ0n) is 14.1. The molecular formula is C19H21F3N2O. The monoisotopic (exact) mass is 350 g/mol. The molecule has 0 aromatic heterocycles. The topological polar surface area (TPSA) is 32.3 Å². The normalized spacial score (nSPS) is 17.0. The number of aryl methyl sites for hydroxylation is 1. The van der Waals surface area contributed by atoms with Crippen LogP contribution in [0.15, 0.2) is 36.4 Å². The van der Waals surface area contributed by atoms with Gasteiger partial charge in [-0.15, -0.1) is 0 Å². The summed E-state index contributed by atoms with van der Waals surface area (Å²) in [4.78, 5) is 11.3. The van der Waals surface area contributed by atoms with E-state index in [0.717, 1.165) is 35.0 Å². The molecule has 3 nitrogen and oxygen atoms in total. The molecule has 134 valence electrons. The van der Waals surface area contributed by atoms with Crippen LogP contribution in [0, 0.1) is 0 Å². The van der Waals surface area contributed by atoms with Crippen molar-refractivity contribution in [1.29, 1.82) is 0 Å². The van der Waals surface area contributed by atoms with Gasteiger partial charge in [0, 0.05) is 13.0 Å². The van der Waals surface area contributed by atoms with Gasteiger partial charge in [-0.05, 0) is 40.8 Å². The summed E-state index contributed by atoms with van der Waals surface area (Å²) in [5.74, 6) is -0.379. The van der Waals surface area contributed by atoms with Crippen molar-refractivity contribution >= 4 is 16.7 Å². The lowest BCUT2D eigenvalue weighted by molar-refractivity contribution is -0.191. The molecule has 0 spiro atoms. The van der Waals surface area contributed by atoms with Crippen molar-refractivity contribution in [2.75, 3.05) is 6.54 Å². The summed E-state index contributed by atoms with van der Waals surface area (Å²) in [5.41, 5.74) is 3.65. The predicted molar refractivity (Wildman–Crippen MR) is 90.8 cm³/mol. The second-order valence-electron chi connectivity index (χ2n) is 6.47. The number of hydrazine groups is 1. The van der Waals surface area contributed by atoms with E-state index in [2.05, 4.69) is 12.3 Å². The molecule has 1 N–H and O–H groups in total. The van der Waals surface area contributed by atoms with E-state index in [-0.39, 0.29) is 24.4 Å². The number of hydrogen-bond acceptors (Lipinski definition) is 2. The lowest BCUT2D eigenvalue weighted by atomic mass is 9.98. The van der Waals surface area contributed by atoms with Crippen LogP contribution in [0.3, 0.4) is 0 Å². The first kappa shape index (κ1) is 17.7. The van der Waals surface area contributed by atoms with Crippen LogP contribution in [0.25, 0.3) is 10.8 Å². The highest BCUT2D eigenvalue weighted by molar-refractivity contribution is 5.84. The molecule has 1 aliphatic heterocycles. The van der Waals surface area contributed by atoms with Crippen molar-refractivity contribution in [1.82, 2.24) is 10.4 Å². The molecule has 6 heteroatoms. The predicted octanol–water partition coefficient (Wildman–Crippen LogP) is 4.52. The summed E-state index contributed by atoms with van der Waals surface area (Å²) in [6, 6.07) is 8.87. The molecule has 1 aliphatic rings. The van der Waals surface area contributed by atoms with Gasteiger partial charge in [0.1, 0.15) is 6.04 Å². The Labute approximate surface area is 144 Å². The number of halogens is 3. The third kappa shape index (κ3) is 3.95. The van der Waals surface area contributed by atoms with Crippen LogP contribution in [0.4, 0.5) is 13.2 Å². The van der Waals surface area contributed by atoms with Crippen LogP contribution in [0.1, 0.15) is 43.4 Å². The second-order valence-corrected chi connectivity index (χ2v) is 6.47. The van der Waals surface area contributed by atoms with Crippen LogP contribution in [0.2, 0.25) is 0 Å². The maximum atomic E-state index is 13.6. The fourth-order valence-corrected chi connectivity index (χ4v) is 3.25. The molecule has 2 aromatic carbocycles. The molecular weight excluding hydrogens is 329 g/mol. The first-order chi connectivity index (χ1) is 11.9. The smallest absolute Gasteiger partial charge is 0.288 e. The molecule has 3 rings (SSSR count). The van der Waals surface area contributed by atoms with E-state index < -0.39 is 12.2 Å². The lowest BCUT2D eigenvalue weighted by Gasteiger charge is -2.29. The van der Waals surface area contributed by atoms with Crippen molar-refractivity contribution in [3.05, 3.63) is 47.5 Å². The van der Waals surface area contributed by atoms with Gasteiger partial charge in [0.05, 0.1) is 0 Å². The third-order valence-electron chi connectivity index (χ3n) is 4.53. The van der Waals surface area contributed by atoms with Gasteiger partial charge >= 0.3 is 6.18 Å². The Balaban J connectivity index is 1.94. The van der Waals surface area contributed by atoms with Gasteiger partial charge in [-0.1, -0.05) is 43.7 Å². The third-order valence-corrected chi connectivity index (χ3v) is 4.53. The molecule has 25 heavy (non-hydrogen) atoms. The molecule has 0 bridgehead atoms. The SMILES string of the molecule is CCCCc1ccc2cc([C@H](N3CCC(=O)N3)C(F)(F)F)ccc2c1. The van der Waals surface area contributed by atoms with Gasteiger partial charge < -0.3 is 0 Å². The van der Waals surface area contributed by atoms with Crippen molar-refractivity contribution in [2.24, 2.45) is 0 Å². The maximum absolute atomic E-state index is 13.6. The minimum absolute atomic E-state index is 0.0526. The summed E-state index contributed by atoms with van der Waals surface area (Å²) in [6.07, 6.45) is -1.22. The Bertz CT molecular complexity index is 773. The number of hydrogen-bond donors (Lipinski definition) is 1. The molecule has 1 amide bonds. The Hall–Kier alpha value is -2.08. The van der Waals surface area contributed by atoms with E-state index in [1.165, 1.54) is 11.6 Å². The molecule has 1 saturated heterocycles. The molecule has 0 radical (unpaired) electrons. The van der Waals surface area contributed by atoms with Gasteiger partial charge in [0.2, 0.25) is 5.91 Å². The molecule has 0 unspecified atom stereocenters. The zero-order chi connectivity index (χ0) is 18.0. The highest BCUT2D eigenvalue weighted by Crippen LogP contribution is 2.38. The number of carbonyl (C=O) groups is 1. The maximum Gasteiger partial charge on any atom is 0.409 e. The van der Waals surface area contributed by atoms with Crippen LogP contribution in [-0.2, 0) is 11.2 Å². The number of unbranched alkanes of at least 4 members (excludes halogenated alkanes) is 1. The van der Waals surface area contributed by atoms with Crippen LogP contribution in [0.5, 0.6) is 0 Å². The average molecular weight is 350 g/mol. The van der Waals surface area contributed by atoms with Gasteiger partial charge in [-0.25, -0.2) is 5.01 Å². The van der Waals surface area contributed by atoms with E-state index in [1.54, 1.807) is 12.1 Å². The van der Waals surface area contributed by atoms with Crippen molar-refractivity contribution in [3.8, 4) is 0 Å². The summed E-state index contributed by atoms with van der Waals surface area (Å²) in [6.45, 7) is 2.18. The number of amides is 1. The number of rotatable bonds is 5. The van der Waals surface area contributed by atoms with Gasteiger partial charge in [-0.3, -0.25) is 10.2 Å². The fraction of sp³-hybridized carbons (Fsp3) is 0.421. The summed E-state index contributed by atoms with van der Waals surface area (Å²) in [5, 5.41) is 2.69. The zero-order valence-corrected chi connectivity index (χ0v) is 14.1. The lowest BCUT2D eigenvalue weighted by Crippen LogP contribution is -2.43. The number of benzene rings is 2. The molecule has 0 saturated carbocycles. The Morgan fingerprint density at radius 3 is 2.52 bits per heavy atom. The number of fused-ring (bicyclic) bond motifs is 1. The van der Waals surface area contributed by atoms with E-state index >= 15 is 0 Å². The number of alkyl halides is 3. The Morgan fingerprint density at radius 1 is 1.16 bits per heavy atom. The highest BCUT2D eigenvalue weighted by atomic mass is 19.4. The summed E-state index contributed by atoms with van der Waals surface area (Å²) >= 11 is 0. The molecule has 2 aromatic rings. The van der Waals surface area contributed by atoms with Gasteiger partial charge in [0.25, 0.3) is 0 Å². The minimum atomic E-state index is -4.47. The number of nitrogens with zero attached hydrogens (tertiary/aromatic N) is 1. The number of nitrogens with one attached hydrogen (secondary N) is 1. The van der Waals surface area contributed by atoms with Crippen LogP contribution < -0.4 is 5.43 Å². The van der Waals surface area contributed by atoms with E-state index in [0.29, 0.717) is 0 Å². The quantitative estimate of drug-likeness (QED) is 0.860. The van der Waals surface area contributed by atoms with Crippen molar-refractivity contribution < 1.29 is 18.0 Å². The van der Waals surface area contributed by atoms with Crippen LogP contribution >= 0.6 is 0 Å². The van der Waals surface area contributed by atoms with E-state index in [4.69, 9.17) is 0 Å². The molecule has 1 heterocycles. The standard InChI is InChI=1S/C19H21F3N2O/c1-2-3-4-13-5-6-15-12-16(8-7-14(15)11-13)18(19(20,21)22)24-10-9-17(25)23-24/h5-8,11-12,18H,2-4,9-10H2,1H3,(H,23,25)/t18-/m0/s1. The summed E-state index contributed by atoms with van der Waals surface area (Å²) < 4.78 is 40.8. The van der Waals surface area contributed by atoms with E-state index in [1.807, 2.05) is 18.2 Å². The number of carbonyl (C=O) groups excluding carboxylic acids is 1. The van der Waals surface area contributed by atoms with Gasteiger partial charge in [-0.2, -0.15) is 13.2 Å². The minimum Gasteiger partial charge on any atom is -0.288 e. The second kappa shape index (κ2) is 7.04. The molecule has 1 atom stereocenters. The fourth-order valence-electron chi connectivity index (χ4n) is 3.25. The molecule has 1 fully saturated rings. The van der Waals surface area contributed by atoms with Crippen molar-refractivity contribution in [3.63, 3.8) is 0 Å². The molecule has 0 aliphatic carbocycles. The average Bonchev–Trinajstić information content (AvgIpc) is 2.97. The Morgan fingerprint density at radius 2 is 1.88 bits per heavy atom. The van der Waals surface area contributed by atoms with Crippen LogP contribution in [-0.4, -0.2) is 23.6 Å². The first-order valence-electron chi connectivity index (χ1n) is 8.54. The van der Waals surface area contributed by atoms with E-state index in [9.17, 15) is 18.0 Å². The van der Waals surface area contributed by atoms with Crippen molar-refractivity contribution in [2.45, 2.75) is 44.8 Å². The highest BCUT2D eigenvalue weighted by Gasteiger charge is 2.46.